The van der Waals surface area contributed by atoms with E-state index >= 15 is 0 Å². The van der Waals surface area contributed by atoms with E-state index in [9.17, 15) is 4.79 Å². The highest BCUT2D eigenvalue weighted by molar-refractivity contribution is 6.33. The van der Waals surface area contributed by atoms with Gasteiger partial charge in [0.25, 0.3) is 5.91 Å². The third-order valence-corrected chi connectivity index (χ3v) is 4.17. The highest BCUT2D eigenvalue weighted by atomic mass is 35.5. The van der Waals surface area contributed by atoms with Crippen molar-refractivity contribution >= 4 is 29.9 Å². The maximum atomic E-state index is 12.7. The van der Waals surface area contributed by atoms with Gasteiger partial charge in [0, 0.05) is 24.3 Å². The van der Waals surface area contributed by atoms with Crippen LogP contribution in [0.25, 0.3) is 11.3 Å². The molecule has 1 aromatic carbocycles. The van der Waals surface area contributed by atoms with Gasteiger partial charge in [-0.3, -0.25) is 9.48 Å². The predicted octanol–water partition coefficient (Wildman–Crippen LogP) is 3.72. The lowest BCUT2D eigenvalue weighted by molar-refractivity contribution is 0.0951. The number of benzene rings is 1. The highest BCUT2D eigenvalue weighted by Gasteiger charge is 2.24. The molecule has 0 aliphatic rings. The molecule has 7 heteroatoms. The fourth-order valence-electron chi connectivity index (χ4n) is 2.18. The molecule has 0 bridgehead atoms. The van der Waals surface area contributed by atoms with Gasteiger partial charge in [-0.1, -0.05) is 29.8 Å². The monoisotopic (exact) mass is 384 g/mol. The Kier molecular flexibility index (Phi) is 7.47. The van der Waals surface area contributed by atoms with Crippen molar-refractivity contribution in [2.45, 2.75) is 39.3 Å². The van der Waals surface area contributed by atoms with E-state index in [1.54, 1.807) is 12.3 Å². The van der Waals surface area contributed by atoms with Crippen LogP contribution in [0, 0.1) is 0 Å². The van der Waals surface area contributed by atoms with E-state index in [4.69, 9.17) is 11.6 Å². The van der Waals surface area contributed by atoms with E-state index in [1.165, 1.54) is 0 Å². The Hall–Kier alpha value is -1.56. The van der Waals surface area contributed by atoms with E-state index in [1.807, 2.05) is 57.6 Å². The number of hydrogen-bond donors (Lipinski definition) is 2. The fourth-order valence-corrected chi connectivity index (χ4v) is 2.40. The summed E-state index contributed by atoms with van der Waals surface area (Å²) in [4.78, 5) is 12.7. The highest BCUT2D eigenvalue weighted by Crippen LogP contribution is 2.30. The summed E-state index contributed by atoms with van der Waals surface area (Å²) in [5, 5.41) is 11.3. The SMILES string of the molecule is CNC(C)CNC(=O)c1cn(C(C)(C)C)nc1-c1ccccc1Cl.Cl. The van der Waals surface area contributed by atoms with Gasteiger partial charge in [0.1, 0.15) is 5.69 Å². The first-order valence-corrected chi connectivity index (χ1v) is 8.42. The Bertz CT molecular complexity index is 722. The van der Waals surface area contributed by atoms with Crippen LogP contribution >= 0.6 is 24.0 Å². The number of likely N-dealkylation sites (N-methyl/N-ethyl adjacent to an activating group) is 1. The van der Waals surface area contributed by atoms with E-state index in [-0.39, 0.29) is 29.9 Å². The molecule has 5 nitrogen and oxygen atoms in total. The van der Waals surface area contributed by atoms with Crippen LogP contribution in [-0.2, 0) is 5.54 Å². The molecule has 0 aliphatic heterocycles. The summed E-state index contributed by atoms with van der Waals surface area (Å²) in [6.45, 7) is 8.68. The van der Waals surface area contributed by atoms with Crippen LogP contribution in [0.5, 0.6) is 0 Å². The zero-order valence-corrected chi connectivity index (χ0v) is 16.8. The van der Waals surface area contributed by atoms with E-state index in [0.29, 0.717) is 22.8 Å². The molecule has 138 valence electrons. The molecule has 2 N–H and O–H groups in total. The summed E-state index contributed by atoms with van der Waals surface area (Å²) in [5.74, 6) is -0.150. The molecular weight excluding hydrogens is 359 g/mol. The summed E-state index contributed by atoms with van der Waals surface area (Å²) in [5.41, 5.74) is 1.66. The number of rotatable bonds is 5. The number of carbonyl (C=O) groups is 1. The number of carbonyl (C=O) groups excluding carboxylic acids is 1. The number of amides is 1. The number of aromatic nitrogens is 2. The van der Waals surface area contributed by atoms with Crippen molar-refractivity contribution in [3.8, 4) is 11.3 Å². The minimum Gasteiger partial charge on any atom is -0.350 e. The van der Waals surface area contributed by atoms with Crippen LogP contribution in [0.3, 0.4) is 0 Å². The maximum Gasteiger partial charge on any atom is 0.255 e. The Labute approximate surface area is 160 Å². The molecule has 0 saturated carbocycles. The molecule has 0 radical (unpaired) electrons. The average molecular weight is 385 g/mol. The van der Waals surface area contributed by atoms with Crippen molar-refractivity contribution in [2.75, 3.05) is 13.6 Å². The molecule has 1 atom stereocenters. The van der Waals surface area contributed by atoms with Crippen molar-refractivity contribution in [2.24, 2.45) is 0 Å². The molecule has 0 fully saturated rings. The van der Waals surface area contributed by atoms with Crippen LogP contribution in [0.1, 0.15) is 38.1 Å². The van der Waals surface area contributed by atoms with E-state index in [2.05, 4.69) is 15.7 Å². The minimum atomic E-state index is -0.229. The van der Waals surface area contributed by atoms with Gasteiger partial charge in [0.05, 0.1) is 16.1 Å². The Morgan fingerprint density at radius 1 is 1.32 bits per heavy atom. The molecule has 1 unspecified atom stereocenters. The molecule has 0 spiro atoms. The molecular formula is C18H26Cl2N4O. The lowest BCUT2D eigenvalue weighted by Crippen LogP contribution is -2.37. The number of nitrogens with zero attached hydrogens (tertiary/aromatic N) is 2. The first-order chi connectivity index (χ1) is 11.2. The largest absolute Gasteiger partial charge is 0.350 e. The zero-order chi connectivity index (χ0) is 17.9. The van der Waals surface area contributed by atoms with Crippen LogP contribution in [0.4, 0.5) is 0 Å². The van der Waals surface area contributed by atoms with Gasteiger partial charge in [0.2, 0.25) is 0 Å². The van der Waals surface area contributed by atoms with E-state index in [0.717, 1.165) is 5.56 Å². The molecule has 25 heavy (non-hydrogen) atoms. The minimum absolute atomic E-state index is 0. The van der Waals surface area contributed by atoms with Crippen molar-refractivity contribution in [3.63, 3.8) is 0 Å². The standard InChI is InChI=1S/C18H25ClN4O.ClH/c1-12(20-5)10-21-17(24)14-11-23(18(2,3)4)22-16(14)13-8-6-7-9-15(13)19;/h6-9,11-12,20H,10H2,1-5H3,(H,21,24);1H. The second kappa shape index (κ2) is 8.70. The van der Waals surface area contributed by atoms with Gasteiger partial charge in [-0.2, -0.15) is 5.10 Å². The Morgan fingerprint density at radius 2 is 1.96 bits per heavy atom. The molecule has 2 aromatic rings. The smallest absolute Gasteiger partial charge is 0.255 e. The second-order valence-corrected chi connectivity index (χ2v) is 7.29. The molecule has 0 aliphatic carbocycles. The lowest BCUT2D eigenvalue weighted by atomic mass is 10.1. The van der Waals surface area contributed by atoms with Crippen molar-refractivity contribution in [3.05, 3.63) is 41.0 Å². The van der Waals surface area contributed by atoms with Crippen molar-refractivity contribution in [1.82, 2.24) is 20.4 Å². The number of nitrogens with one attached hydrogen (secondary N) is 2. The van der Waals surface area contributed by atoms with Gasteiger partial charge >= 0.3 is 0 Å². The van der Waals surface area contributed by atoms with Gasteiger partial charge in [-0.15, -0.1) is 12.4 Å². The van der Waals surface area contributed by atoms with Crippen molar-refractivity contribution in [1.29, 1.82) is 0 Å². The third kappa shape index (κ3) is 5.21. The van der Waals surface area contributed by atoms with Gasteiger partial charge in [-0.25, -0.2) is 0 Å². The molecule has 1 amide bonds. The van der Waals surface area contributed by atoms with Crippen molar-refractivity contribution < 1.29 is 4.79 Å². The summed E-state index contributed by atoms with van der Waals surface area (Å²) >= 11 is 6.32. The molecule has 1 heterocycles. The van der Waals surface area contributed by atoms with Crippen LogP contribution < -0.4 is 10.6 Å². The molecule has 0 saturated heterocycles. The predicted molar refractivity (Wildman–Crippen MR) is 106 cm³/mol. The summed E-state index contributed by atoms with van der Waals surface area (Å²) < 4.78 is 1.81. The van der Waals surface area contributed by atoms with Crippen LogP contribution in [0.15, 0.2) is 30.5 Å². The van der Waals surface area contributed by atoms with E-state index < -0.39 is 0 Å². The average Bonchev–Trinajstić information content (AvgIpc) is 2.98. The topological polar surface area (TPSA) is 58.9 Å². The lowest BCUT2D eigenvalue weighted by Gasteiger charge is -2.18. The van der Waals surface area contributed by atoms with Gasteiger partial charge < -0.3 is 10.6 Å². The maximum absolute atomic E-state index is 12.7. The van der Waals surface area contributed by atoms with Crippen LogP contribution in [-0.4, -0.2) is 35.3 Å². The molecule has 2 rings (SSSR count). The molecule has 1 aromatic heterocycles. The summed E-state index contributed by atoms with van der Waals surface area (Å²) in [6.07, 6.45) is 1.79. The fraction of sp³-hybridized carbons (Fsp3) is 0.444. The Morgan fingerprint density at radius 3 is 2.52 bits per heavy atom. The first kappa shape index (κ1) is 21.5. The third-order valence-electron chi connectivity index (χ3n) is 3.84. The normalized spacial score (nSPS) is 12.4. The number of halogens is 2. The quantitative estimate of drug-likeness (QED) is 0.825. The van der Waals surface area contributed by atoms with Crippen LogP contribution in [0.2, 0.25) is 5.02 Å². The summed E-state index contributed by atoms with van der Waals surface area (Å²) in [6, 6.07) is 7.63. The number of hydrogen-bond acceptors (Lipinski definition) is 3. The zero-order valence-electron chi connectivity index (χ0n) is 15.3. The van der Waals surface area contributed by atoms with Gasteiger partial charge in [-0.05, 0) is 40.8 Å². The second-order valence-electron chi connectivity index (χ2n) is 6.89. The first-order valence-electron chi connectivity index (χ1n) is 8.04. The summed E-state index contributed by atoms with van der Waals surface area (Å²) in [7, 11) is 1.86. The van der Waals surface area contributed by atoms with Gasteiger partial charge in [0.15, 0.2) is 0 Å². The Balaban J connectivity index is 0.00000312.